The van der Waals surface area contributed by atoms with E-state index in [0.717, 1.165) is 17.2 Å². The first kappa shape index (κ1) is 13.6. The Hall–Kier alpha value is -1.81. The van der Waals surface area contributed by atoms with Crippen LogP contribution in [0.4, 0.5) is 8.78 Å². The van der Waals surface area contributed by atoms with Crippen LogP contribution in [-0.4, -0.2) is 12.0 Å². The average molecular weight is 262 g/mol. The van der Waals surface area contributed by atoms with Crippen LogP contribution in [0.3, 0.4) is 0 Å². The van der Waals surface area contributed by atoms with Gasteiger partial charge in [-0.05, 0) is 43.7 Å². The average Bonchev–Trinajstić information content (AvgIpc) is 2.36. The fourth-order valence-electron chi connectivity index (χ4n) is 2.14. The van der Waals surface area contributed by atoms with E-state index in [1.165, 1.54) is 6.07 Å². The summed E-state index contributed by atoms with van der Waals surface area (Å²) in [6.07, 6.45) is 3.43. The highest BCUT2D eigenvalue weighted by molar-refractivity contribution is 5.35. The number of pyridine rings is 1. The number of rotatable bonds is 3. The normalized spacial score (nSPS) is 12.5. The molecule has 0 bridgehead atoms. The van der Waals surface area contributed by atoms with Gasteiger partial charge in [0.1, 0.15) is 11.6 Å². The first-order valence-electron chi connectivity index (χ1n) is 6.07. The summed E-state index contributed by atoms with van der Waals surface area (Å²) >= 11 is 0. The van der Waals surface area contributed by atoms with E-state index < -0.39 is 11.6 Å². The Bertz CT molecular complexity index is 597. The lowest BCUT2D eigenvalue weighted by molar-refractivity contribution is 0.547. The topological polar surface area (TPSA) is 24.9 Å². The quantitative estimate of drug-likeness (QED) is 0.918. The molecule has 100 valence electrons. The molecule has 2 nitrogen and oxygen atoms in total. The van der Waals surface area contributed by atoms with E-state index in [9.17, 15) is 8.78 Å². The second kappa shape index (κ2) is 5.45. The zero-order chi connectivity index (χ0) is 14.0. The Morgan fingerprint density at radius 1 is 1.05 bits per heavy atom. The monoisotopic (exact) mass is 262 g/mol. The van der Waals surface area contributed by atoms with Crippen LogP contribution in [-0.2, 0) is 0 Å². The Balaban J connectivity index is 2.51. The Morgan fingerprint density at radius 3 is 2.42 bits per heavy atom. The number of aromatic nitrogens is 1. The molecule has 0 fully saturated rings. The predicted octanol–water partition coefficient (Wildman–Crippen LogP) is 3.29. The van der Waals surface area contributed by atoms with Crippen LogP contribution in [0.25, 0.3) is 0 Å². The van der Waals surface area contributed by atoms with Gasteiger partial charge in [0.15, 0.2) is 0 Å². The van der Waals surface area contributed by atoms with Crippen LogP contribution in [0.2, 0.25) is 0 Å². The van der Waals surface area contributed by atoms with Crippen LogP contribution < -0.4 is 5.32 Å². The highest BCUT2D eigenvalue weighted by Gasteiger charge is 2.18. The molecule has 1 unspecified atom stereocenters. The van der Waals surface area contributed by atoms with Gasteiger partial charge in [0, 0.05) is 24.0 Å². The van der Waals surface area contributed by atoms with E-state index in [1.807, 2.05) is 13.0 Å². The molecule has 1 atom stereocenters. The number of aryl methyl sites for hydroxylation is 2. The minimum absolute atomic E-state index is 0.341. The molecule has 1 heterocycles. The van der Waals surface area contributed by atoms with Crippen LogP contribution in [0.5, 0.6) is 0 Å². The van der Waals surface area contributed by atoms with Crippen molar-refractivity contribution in [1.82, 2.24) is 10.3 Å². The molecule has 0 saturated carbocycles. The van der Waals surface area contributed by atoms with Crippen molar-refractivity contribution in [3.8, 4) is 0 Å². The summed E-state index contributed by atoms with van der Waals surface area (Å²) in [5.41, 5.74) is 2.70. The molecule has 0 radical (unpaired) electrons. The van der Waals surface area contributed by atoms with E-state index >= 15 is 0 Å². The number of benzene rings is 1. The first-order valence-corrected chi connectivity index (χ1v) is 6.07. The minimum Gasteiger partial charge on any atom is -0.309 e. The second-order valence-electron chi connectivity index (χ2n) is 4.64. The van der Waals surface area contributed by atoms with Gasteiger partial charge in [-0.25, -0.2) is 8.78 Å². The Morgan fingerprint density at radius 2 is 1.79 bits per heavy atom. The van der Waals surface area contributed by atoms with E-state index in [0.29, 0.717) is 11.1 Å². The summed E-state index contributed by atoms with van der Waals surface area (Å²) in [7, 11) is 1.74. The van der Waals surface area contributed by atoms with Crippen LogP contribution in [0, 0.1) is 25.5 Å². The lowest BCUT2D eigenvalue weighted by Gasteiger charge is -2.18. The zero-order valence-corrected chi connectivity index (χ0v) is 11.2. The summed E-state index contributed by atoms with van der Waals surface area (Å²) < 4.78 is 27.3. The van der Waals surface area contributed by atoms with Crippen molar-refractivity contribution in [2.75, 3.05) is 7.05 Å². The van der Waals surface area contributed by atoms with Crippen LogP contribution >= 0.6 is 0 Å². The summed E-state index contributed by atoms with van der Waals surface area (Å²) in [4.78, 5) is 4.11. The van der Waals surface area contributed by atoms with Gasteiger partial charge in [-0.1, -0.05) is 6.07 Å². The van der Waals surface area contributed by atoms with Crippen molar-refractivity contribution in [3.63, 3.8) is 0 Å². The van der Waals surface area contributed by atoms with Crippen molar-refractivity contribution in [3.05, 3.63) is 64.5 Å². The summed E-state index contributed by atoms with van der Waals surface area (Å²) in [6.45, 7) is 3.55. The standard InChI is InChI=1S/C15H16F2N2/c1-9-4-11(8-19-7-9)15(18-3)12-5-10(2)13(16)6-14(12)17/h4-8,15,18H,1-3H3. The lowest BCUT2D eigenvalue weighted by atomic mass is 9.97. The van der Waals surface area contributed by atoms with Gasteiger partial charge >= 0.3 is 0 Å². The third kappa shape index (κ3) is 2.79. The second-order valence-corrected chi connectivity index (χ2v) is 4.64. The predicted molar refractivity (Wildman–Crippen MR) is 71.0 cm³/mol. The zero-order valence-electron chi connectivity index (χ0n) is 11.2. The van der Waals surface area contributed by atoms with Gasteiger partial charge in [0.25, 0.3) is 0 Å². The summed E-state index contributed by atoms with van der Waals surface area (Å²) in [5, 5.41) is 3.05. The van der Waals surface area contributed by atoms with Gasteiger partial charge in [0.2, 0.25) is 0 Å². The Labute approximate surface area is 111 Å². The van der Waals surface area contributed by atoms with E-state index in [-0.39, 0.29) is 6.04 Å². The van der Waals surface area contributed by atoms with Crippen molar-refractivity contribution in [1.29, 1.82) is 0 Å². The first-order chi connectivity index (χ1) is 9.02. The molecule has 1 aromatic carbocycles. The Kier molecular flexibility index (Phi) is 3.90. The van der Waals surface area contributed by atoms with Gasteiger partial charge in [-0.15, -0.1) is 0 Å². The third-order valence-electron chi connectivity index (χ3n) is 3.11. The smallest absolute Gasteiger partial charge is 0.131 e. The number of nitrogens with zero attached hydrogens (tertiary/aromatic N) is 1. The molecule has 19 heavy (non-hydrogen) atoms. The van der Waals surface area contributed by atoms with E-state index in [2.05, 4.69) is 10.3 Å². The third-order valence-corrected chi connectivity index (χ3v) is 3.11. The molecule has 4 heteroatoms. The fourth-order valence-corrected chi connectivity index (χ4v) is 2.14. The molecule has 0 aliphatic carbocycles. The lowest BCUT2D eigenvalue weighted by Crippen LogP contribution is -2.19. The number of halogens is 2. The molecule has 2 aromatic rings. The largest absolute Gasteiger partial charge is 0.309 e. The number of hydrogen-bond donors (Lipinski definition) is 1. The molecule has 0 spiro atoms. The molecular weight excluding hydrogens is 246 g/mol. The molecule has 0 aliphatic rings. The van der Waals surface area contributed by atoms with Gasteiger partial charge in [-0.3, -0.25) is 4.98 Å². The molecule has 2 rings (SSSR count). The van der Waals surface area contributed by atoms with Crippen molar-refractivity contribution in [2.45, 2.75) is 19.9 Å². The molecule has 1 aromatic heterocycles. The van der Waals surface area contributed by atoms with Crippen molar-refractivity contribution in [2.24, 2.45) is 0 Å². The minimum atomic E-state index is -0.552. The van der Waals surface area contributed by atoms with E-state index in [4.69, 9.17) is 0 Å². The number of hydrogen-bond acceptors (Lipinski definition) is 2. The maximum absolute atomic E-state index is 14.0. The molecular formula is C15H16F2N2. The van der Waals surface area contributed by atoms with Crippen molar-refractivity contribution < 1.29 is 8.78 Å². The molecule has 0 saturated heterocycles. The maximum atomic E-state index is 14.0. The SMILES string of the molecule is CNC(c1cncc(C)c1)c1cc(C)c(F)cc1F. The summed E-state index contributed by atoms with van der Waals surface area (Å²) in [6, 6.07) is 4.06. The van der Waals surface area contributed by atoms with Gasteiger partial charge < -0.3 is 5.32 Å². The van der Waals surface area contributed by atoms with Crippen LogP contribution in [0.1, 0.15) is 28.3 Å². The number of nitrogens with one attached hydrogen (secondary N) is 1. The summed E-state index contributed by atoms with van der Waals surface area (Å²) in [5.74, 6) is -1.08. The highest BCUT2D eigenvalue weighted by Crippen LogP contribution is 2.26. The molecule has 0 amide bonds. The fraction of sp³-hybridized carbons (Fsp3) is 0.267. The molecule has 0 aliphatic heterocycles. The van der Waals surface area contributed by atoms with Gasteiger partial charge in [-0.2, -0.15) is 0 Å². The van der Waals surface area contributed by atoms with Crippen molar-refractivity contribution >= 4 is 0 Å². The maximum Gasteiger partial charge on any atom is 0.131 e. The van der Waals surface area contributed by atoms with Gasteiger partial charge in [0.05, 0.1) is 6.04 Å². The highest BCUT2D eigenvalue weighted by atomic mass is 19.1. The van der Waals surface area contributed by atoms with Crippen LogP contribution in [0.15, 0.2) is 30.6 Å². The van der Waals surface area contributed by atoms with E-state index in [1.54, 1.807) is 26.4 Å². The molecule has 1 N–H and O–H groups in total.